The molecule has 0 bridgehead atoms. The Kier molecular flexibility index (Phi) is 2.61. The molecule has 2 aliphatic rings. The molecular formula is C13H16N2O2. The van der Waals surface area contributed by atoms with Crippen molar-refractivity contribution in [3.8, 4) is 0 Å². The first kappa shape index (κ1) is 10.7. The fourth-order valence-electron chi connectivity index (χ4n) is 2.48. The summed E-state index contributed by atoms with van der Waals surface area (Å²) in [4.78, 5) is 19.3. The fourth-order valence-corrected chi connectivity index (χ4v) is 2.48. The molecule has 2 aliphatic heterocycles. The molecule has 17 heavy (non-hydrogen) atoms. The standard InChI is InChI=1S/C13H16N2O2/c1-9-2-4-10(5-3-9)13(16)15-6-11-8-17-14-12(11)7-15/h2-5,11-12,14H,6-8H2,1H3/t11-,12+/m0/s1. The Balaban J connectivity index is 1.73. The average molecular weight is 232 g/mol. The quantitative estimate of drug-likeness (QED) is 0.784. The van der Waals surface area contributed by atoms with E-state index >= 15 is 0 Å². The summed E-state index contributed by atoms with van der Waals surface area (Å²) in [5, 5.41) is 0. The molecule has 0 aromatic heterocycles. The van der Waals surface area contributed by atoms with Crippen LogP contribution in [0.4, 0.5) is 0 Å². The molecule has 0 spiro atoms. The lowest BCUT2D eigenvalue weighted by atomic mass is 10.1. The molecule has 0 radical (unpaired) electrons. The van der Waals surface area contributed by atoms with Crippen LogP contribution >= 0.6 is 0 Å². The molecule has 4 nitrogen and oxygen atoms in total. The fraction of sp³-hybridized carbons (Fsp3) is 0.462. The van der Waals surface area contributed by atoms with Crippen molar-refractivity contribution in [2.75, 3.05) is 19.7 Å². The molecule has 2 atom stereocenters. The zero-order valence-electron chi connectivity index (χ0n) is 9.85. The van der Waals surface area contributed by atoms with Gasteiger partial charge in [0.05, 0.1) is 12.6 Å². The minimum Gasteiger partial charge on any atom is -0.337 e. The number of fused-ring (bicyclic) bond motifs is 1. The summed E-state index contributed by atoms with van der Waals surface area (Å²) in [5.41, 5.74) is 4.92. The van der Waals surface area contributed by atoms with E-state index in [-0.39, 0.29) is 5.91 Å². The predicted octanol–water partition coefficient (Wildman–Crippen LogP) is 0.970. The molecule has 3 rings (SSSR count). The van der Waals surface area contributed by atoms with Gasteiger partial charge in [0.1, 0.15) is 0 Å². The highest BCUT2D eigenvalue weighted by molar-refractivity contribution is 5.94. The number of amides is 1. The number of hydrogen-bond donors (Lipinski definition) is 1. The highest BCUT2D eigenvalue weighted by Gasteiger charge is 2.39. The van der Waals surface area contributed by atoms with Crippen LogP contribution in [0.2, 0.25) is 0 Å². The zero-order valence-corrected chi connectivity index (χ0v) is 9.85. The summed E-state index contributed by atoms with van der Waals surface area (Å²) in [6, 6.07) is 8.06. The lowest BCUT2D eigenvalue weighted by Crippen LogP contribution is -2.33. The highest BCUT2D eigenvalue weighted by atomic mass is 16.7. The smallest absolute Gasteiger partial charge is 0.253 e. The van der Waals surface area contributed by atoms with Crippen LogP contribution in [0.15, 0.2) is 24.3 Å². The van der Waals surface area contributed by atoms with Crippen molar-refractivity contribution < 1.29 is 9.63 Å². The number of nitrogens with zero attached hydrogens (tertiary/aromatic N) is 1. The summed E-state index contributed by atoms with van der Waals surface area (Å²) in [5.74, 6) is 0.575. The highest BCUT2D eigenvalue weighted by Crippen LogP contribution is 2.23. The Bertz CT molecular complexity index is 418. The van der Waals surface area contributed by atoms with Crippen molar-refractivity contribution in [1.29, 1.82) is 0 Å². The van der Waals surface area contributed by atoms with Gasteiger partial charge in [0.15, 0.2) is 0 Å². The molecule has 2 heterocycles. The summed E-state index contributed by atoms with van der Waals surface area (Å²) in [7, 11) is 0. The molecule has 4 heteroatoms. The molecule has 1 aromatic carbocycles. The van der Waals surface area contributed by atoms with Gasteiger partial charge in [-0.2, -0.15) is 5.48 Å². The van der Waals surface area contributed by atoms with Crippen LogP contribution in [0.25, 0.3) is 0 Å². The van der Waals surface area contributed by atoms with Crippen LogP contribution in [-0.2, 0) is 4.84 Å². The van der Waals surface area contributed by atoms with E-state index in [1.165, 1.54) is 5.56 Å². The van der Waals surface area contributed by atoms with Crippen LogP contribution in [-0.4, -0.2) is 36.5 Å². The maximum absolute atomic E-state index is 12.2. The molecule has 2 fully saturated rings. The number of hydroxylamine groups is 1. The SMILES string of the molecule is Cc1ccc(C(=O)N2C[C@H]3CON[C@@H]3C2)cc1. The van der Waals surface area contributed by atoms with E-state index in [9.17, 15) is 4.79 Å². The topological polar surface area (TPSA) is 41.6 Å². The summed E-state index contributed by atoms with van der Waals surface area (Å²) < 4.78 is 0. The lowest BCUT2D eigenvalue weighted by Gasteiger charge is -2.17. The van der Waals surface area contributed by atoms with E-state index in [1.807, 2.05) is 36.1 Å². The Morgan fingerprint density at radius 1 is 1.35 bits per heavy atom. The Labute approximate surface area is 101 Å². The molecule has 0 aliphatic carbocycles. The molecule has 1 aromatic rings. The first-order chi connectivity index (χ1) is 8.24. The molecule has 1 amide bonds. The van der Waals surface area contributed by atoms with Crippen LogP contribution in [0, 0.1) is 12.8 Å². The van der Waals surface area contributed by atoms with E-state index < -0.39 is 0 Å². The van der Waals surface area contributed by atoms with Crippen LogP contribution in [0.3, 0.4) is 0 Å². The Morgan fingerprint density at radius 3 is 2.82 bits per heavy atom. The summed E-state index contributed by atoms with van der Waals surface area (Å²) >= 11 is 0. The molecule has 0 saturated carbocycles. The number of aryl methyl sites for hydroxylation is 1. The van der Waals surface area contributed by atoms with Gasteiger partial charge in [-0.25, -0.2) is 0 Å². The predicted molar refractivity (Wildman–Crippen MR) is 63.4 cm³/mol. The third-order valence-electron chi connectivity index (χ3n) is 3.56. The van der Waals surface area contributed by atoms with Gasteiger partial charge in [-0.3, -0.25) is 4.79 Å². The van der Waals surface area contributed by atoms with Crippen molar-refractivity contribution in [2.45, 2.75) is 13.0 Å². The lowest BCUT2D eigenvalue weighted by molar-refractivity contribution is 0.0605. The maximum Gasteiger partial charge on any atom is 0.253 e. The van der Waals surface area contributed by atoms with E-state index in [1.54, 1.807) is 0 Å². The third-order valence-corrected chi connectivity index (χ3v) is 3.56. The second-order valence-electron chi connectivity index (χ2n) is 4.87. The van der Waals surface area contributed by atoms with Crippen molar-refractivity contribution >= 4 is 5.91 Å². The first-order valence-electron chi connectivity index (χ1n) is 5.97. The average Bonchev–Trinajstić information content (AvgIpc) is 2.89. The first-order valence-corrected chi connectivity index (χ1v) is 5.97. The van der Waals surface area contributed by atoms with E-state index in [0.29, 0.717) is 18.6 Å². The van der Waals surface area contributed by atoms with Gasteiger partial charge in [0.2, 0.25) is 0 Å². The minimum atomic E-state index is 0.126. The van der Waals surface area contributed by atoms with Gasteiger partial charge in [0.25, 0.3) is 5.91 Å². The van der Waals surface area contributed by atoms with Crippen LogP contribution in [0.1, 0.15) is 15.9 Å². The van der Waals surface area contributed by atoms with Gasteiger partial charge in [0, 0.05) is 24.6 Å². The van der Waals surface area contributed by atoms with Crippen molar-refractivity contribution in [2.24, 2.45) is 5.92 Å². The number of rotatable bonds is 1. The monoisotopic (exact) mass is 232 g/mol. The Hall–Kier alpha value is -1.39. The van der Waals surface area contributed by atoms with Crippen molar-refractivity contribution in [3.05, 3.63) is 35.4 Å². The second-order valence-corrected chi connectivity index (χ2v) is 4.87. The van der Waals surface area contributed by atoms with Gasteiger partial charge < -0.3 is 9.74 Å². The molecule has 2 saturated heterocycles. The molecule has 0 unspecified atom stereocenters. The molecular weight excluding hydrogens is 216 g/mol. The number of carbonyl (C=O) groups is 1. The summed E-state index contributed by atoms with van der Waals surface area (Å²) in [6.45, 7) is 4.28. The van der Waals surface area contributed by atoms with E-state index in [4.69, 9.17) is 4.84 Å². The van der Waals surface area contributed by atoms with Gasteiger partial charge >= 0.3 is 0 Å². The number of likely N-dealkylation sites (tertiary alicyclic amines) is 1. The second kappa shape index (κ2) is 4.13. The number of hydrogen-bond acceptors (Lipinski definition) is 3. The van der Waals surface area contributed by atoms with Gasteiger partial charge in [-0.15, -0.1) is 0 Å². The van der Waals surface area contributed by atoms with E-state index in [0.717, 1.165) is 18.7 Å². The normalized spacial score (nSPS) is 27.2. The zero-order chi connectivity index (χ0) is 11.8. The van der Waals surface area contributed by atoms with E-state index in [2.05, 4.69) is 5.48 Å². The number of nitrogens with one attached hydrogen (secondary N) is 1. The molecule has 1 N–H and O–H groups in total. The van der Waals surface area contributed by atoms with Crippen LogP contribution < -0.4 is 5.48 Å². The van der Waals surface area contributed by atoms with Crippen molar-refractivity contribution in [1.82, 2.24) is 10.4 Å². The molecule has 90 valence electrons. The summed E-state index contributed by atoms with van der Waals surface area (Å²) in [6.07, 6.45) is 0. The largest absolute Gasteiger partial charge is 0.337 e. The van der Waals surface area contributed by atoms with Crippen LogP contribution in [0.5, 0.6) is 0 Å². The van der Waals surface area contributed by atoms with Gasteiger partial charge in [-0.1, -0.05) is 17.7 Å². The number of carbonyl (C=O) groups excluding carboxylic acids is 1. The van der Waals surface area contributed by atoms with Gasteiger partial charge in [-0.05, 0) is 19.1 Å². The number of benzene rings is 1. The Morgan fingerprint density at radius 2 is 2.12 bits per heavy atom. The third kappa shape index (κ3) is 1.94. The maximum atomic E-state index is 12.2. The van der Waals surface area contributed by atoms with Crippen molar-refractivity contribution in [3.63, 3.8) is 0 Å². The minimum absolute atomic E-state index is 0.126.